The molecule has 2 aromatic carbocycles. The van der Waals surface area contributed by atoms with Gasteiger partial charge in [0.25, 0.3) is 0 Å². The molecule has 0 heterocycles. The van der Waals surface area contributed by atoms with Crippen LogP contribution in [0.5, 0.6) is 5.75 Å². The van der Waals surface area contributed by atoms with Crippen LogP contribution in [-0.4, -0.2) is 12.9 Å². The van der Waals surface area contributed by atoms with Gasteiger partial charge >= 0.3 is 0 Å². The average Bonchev–Trinajstić information content (AvgIpc) is 2.46. The van der Waals surface area contributed by atoms with Crippen molar-refractivity contribution in [1.29, 1.82) is 0 Å². The number of ether oxygens (including phenoxy) is 1. The minimum atomic E-state index is -0.448. The second kappa shape index (κ2) is 6.72. The molecule has 0 amide bonds. The van der Waals surface area contributed by atoms with Gasteiger partial charge in [0.15, 0.2) is 11.6 Å². The van der Waals surface area contributed by atoms with E-state index >= 15 is 0 Å². The van der Waals surface area contributed by atoms with E-state index in [-0.39, 0.29) is 17.6 Å². The standard InChI is InChI=1S/C15H15F2NOS/c1-19-14-7-6-10(8-12(14)17)13(18)9-20-15-5-3-2-4-11(15)16/h2-8,13H,9,18H2,1H3. The molecule has 0 saturated heterocycles. The molecule has 0 aromatic heterocycles. The maximum atomic E-state index is 13.6. The summed E-state index contributed by atoms with van der Waals surface area (Å²) in [6.45, 7) is 0. The van der Waals surface area contributed by atoms with E-state index in [1.807, 2.05) is 0 Å². The Balaban J connectivity index is 2.03. The lowest BCUT2D eigenvalue weighted by Gasteiger charge is -2.13. The number of hydrogen-bond donors (Lipinski definition) is 1. The molecule has 0 fully saturated rings. The van der Waals surface area contributed by atoms with Crippen molar-refractivity contribution in [2.75, 3.05) is 12.9 Å². The molecular weight excluding hydrogens is 280 g/mol. The third kappa shape index (κ3) is 3.49. The Morgan fingerprint density at radius 3 is 2.55 bits per heavy atom. The van der Waals surface area contributed by atoms with Gasteiger partial charge in [0.05, 0.1) is 7.11 Å². The molecule has 0 spiro atoms. The first-order valence-electron chi connectivity index (χ1n) is 6.08. The van der Waals surface area contributed by atoms with Gasteiger partial charge in [-0.15, -0.1) is 11.8 Å². The monoisotopic (exact) mass is 295 g/mol. The summed E-state index contributed by atoms with van der Waals surface area (Å²) < 4.78 is 31.9. The van der Waals surface area contributed by atoms with Gasteiger partial charge in [-0.3, -0.25) is 0 Å². The van der Waals surface area contributed by atoms with Crippen molar-refractivity contribution in [2.24, 2.45) is 5.73 Å². The summed E-state index contributed by atoms with van der Waals surface area (Å²) in [6, 6.07) is 10.7. The third-order valence-electron chi connectivity index (χ3n) is 2.86. The normalized spacial score (nSPS) is 12.2. The molecule has 2 nitrogen and oxygen atoms in total. The number of halogens is 2. The molecule has 2 aromatic rings. The largest absolute Gasteiger partial charge is 0.494 e. The first-order chi connectivity index (χ1) is 9.61. The van der Waals surface area contributed by atoms with Crippen LogP contribution < -0.4 is 10.5 Å². The van der Waals surface area contributed by atoms with Gasteiger partial charge in [0, 0.05) is 16.7 Å². The first kappa shape index (κ1) is 14.8. The van der Waals surface area contributed by atoms with E-state index < -0.39 is 5.82 Å². The van der Waals surface area contributed by atoms with Gasteiger partial charge in [-0.1, -0.05) is 18.2 Å². The van der Waals surface area contributed by atoms with Crippen LogP contribution in [0.2, 0.25) is 0 Å². The van der Waals surface area contributed by atoms with Crippen LogP contribution >= 0.6 is 11.8 Å². The Bertz CT molecular complexity index is 592. The van der Waals surface area contributed by atoms with Crippen molar-refractivity contribution in [2.45, 2.75) is 10.9 Å². The van der Waals surface area contributed by atoms with Crippen LogP contribution in [0.15, 0.2) is 47.4 Å². The zero-order valence-electron chi connectivity index (χ0n) is 11.0. The van der Waals surface area contributed by atoms with E-state index in [0.29, 0.717) is 16.2 Å². The van der Waals surface area contributed by atoms with E-state index in [1.165, 1.54) is 37.1 Å². The van der Waals surface area contributed by atoms with Crippen molar-refractivity contribution >= 4 is 11.8 Å². The smallest absolute Gasteiger partial charge is 0.165 e. The van der Waals surface area contributed by atoms with Crippen LogP contribution in [0.4, 0.5) is 8.78 Å². The molecule has 20 heavy (non-hydrogen) atoms. The first-order valence-corrected chi connectivity index (χ1v) is 7.06. The molecule has 0 bridgehead atoms. The molecule has 1 unspecified atom stereocenters. The highest BCUT2D eigenvalue weighted by Gasteiger charge is 2.11. The summed E-state index contributed by atoms with van der Waals surface area (Å²) in [5, 5.41) is 0. The molecule has 2 rings (SSSR count). The Hall–Kier alpha value is -1.59. The van der Waals surface area contributed by atoms with Crippen LogP contribution in [0.25, 0.3) is 0 Å². The predicted octanol–water partition coefficient (Wildman–Crippen LogP) is 3.77. The van der Waals surface area contributed by atoms with Crippen LogP contribution in [-0.2, 0) is 0 Å². The van der Waals surface area contributed by atoms with E-state index in [4.69, 9.17) is 10.5 Å². The Labute approximate surface area is 120 Å². The summed E-state index contributed by atoms with van der Waals surface area (Å²) >= 11 is 1.31. The molecule has 5 heteroatoms. The SMILES string of the molecule is COc1ccc(C(N)CSc2ccccc2F)cc1F. The van der Waals surface area contributed by atoms with Crippen molar-refractivity contribution in [3.63, 3.8) is 0 Å². The van der Waals surface area contributed by atoms with Gasteiger partial charge in [0.2, 0.25) is 0 Å². The summed E-state index contributed by atoms with van der Waals surface area (Å²) in [5.74, 6) is -0.0724. The quantitative estimate of drug-likeness (QED) is 0.853. The van der Waals surface area contributed by atoms with Crippen molar-refractivity contribution in [3.8, 4) is 5.75 Å². The maximum Gasteiger partial charge on any atom is 0.165 e. The lowest BCUT2D eigenvalue weighted by atomic mass is 10.1. The number of hydrogen-bond acceptors (Lipinski definition) is 3. The predicted molar refractivity (Wildman–Crippen MR) is 77.0 cm³/mol. The Morgan fingerprint density at radius 2 is 1.90 bits per heavy atom. The Morgan fingerprint density at radius 1 is 1.15 bits per heavy atom. The van der Waals surface area contributed by atoms with Gasteiger partial charge < -0.3 is 10.5 Å². The van der Waals surface area contributed by atoms with Crippen molar-refractivity contribution in [1.82, 2.24) is 0 Å². The second-order valence-corrected chi connectivity index (χ2v) is 5.30. The number of nitrogens with two attached hydrogens (primary N) is 1. The van der Waals surface area contributed by atoms with Gasteiger partial charge in [-0.2, -0.15) is 0 Å². The van der Waals surface area contributed by atoms with Crippen molar-refractivity contribution in [3.05, 3.63) is 59.7 Å². The fourth-order valence-electron chi connectivity index (χ4n) is 1.75. The van der Waals surface area contributed by atoms with Crippen LogP contribution in [0.1, 0.15) is 11.6 Å². The van der Waals surface area contributed by atoms with Crippen molar-refractivity contribution < 1.29 is 13.5 Å². The fourth-order valence-corrected chi connectivity index (χ4v) is 2.68. The molecule has 0 saturated carbocycles. The number of benzene rings is 2. The molecule has 0 radical (unpaired) electrons. The third-order valence-corrected chi connectivity index (χ3v) is 4.03. The highest BCUT2D eigenvalue weighted by Crippen LogP contribution is 2.27. The van der Waals surface area contributed by atoms with Crippen LogP contribution in [0, 0.1) is 11.6 Å². The minimum Gasteiger partial charge on any atom is -0.494 e. The lowest BCUT2D eigenvalue weighted by Crippen LogP contribution is -2.13. The van der Waals surface area contributed by atoms with E-state index in [9.17, 15) is 8.78 Å². The second-order valence-electron chi connectivity index (χ2n) is 4.24. The Kier molecular flexibility index (Phi) is 4.98. The van der Waals surface area contributed by atoms with Gasteiger partial charge in [0.1, 0.15) is 5.82 Å². The topological polar surface area (TPSA) is 35.2 Å². The zero-order valence-corrected chi connectivity index (χ0v) is 11.8. The summed E-state index contributed by atoms with van der Waals surface area (Å²) in [6.07, 6.45) is 0. The maximum absolute atomic E-state index is 13.6. The molecule has 0 aliphatic carbocycles. The molecular formula is C15H15F2NOS. The van der Waals surface area contributed by atoms with E-state index in [0.717, 1.165) is 0 Å². The number of thioether (sulfide) groups is 1. The zero-order chi connectivity index (χ0) is 14.5. The average molecular weight is 295 g/mol. The summed E-state index contributed by atoms with van der Waals surface area (Å²) in [5.41, 5.74) is 6.66. The minimum absolute atomic E-state index is 0.183. The lowest BCUT2D eigenvalue weighted by molar-refractivity contribution is 0.386. The van der Waals surface area contributed by atoms with Gasteiger partial charge in [-0.25, -0.2) is 8.78 Å². The fraction of sp³-hybridized carbons (Fsp3) is 0.200. The molecule has 0 aliphatic heterocycles. The molecule has 2 N–H and O–H groups in total. The van der Waals surface area contributed by atoms with Gasteiger partial charge in [-0.05, 0) is 29.8 Å². The summed E-state index contributed by atoms with van der Waals surface area (Å²) in [7, 11) is 1.41. The summed E-state index contributed by atoms with van der Waals surface area (Å²) in [4.78, 5) is 0.539. The van der Waals surface area contributed by atoms with E-state index in [2.05, 4.69) is 0 Å². The number of methoxy groups -OCH3 is 1. The highest BCUT2D eigenvalue weighted by molar-refractivity contribution is 7.99. The highest BCUT2D eigenvalue weighted by atomic mass is 32.2. The molecule has 106 valence electrons. The molecule has 0 aliphatic rings. The molecule has 1 atom stereocenters. The number of rotatable bonds is 5. The van der Waals surface area contributed by atoms with E-state index in [1.54, 1.807) is 24.3 Å². The van der Waals surface area contributed by atoms with Crippen LogP contribution in [0.3, 0.4) is 0 Å².